The molecule has 0 saturated heterocycles. The van der Waals surface area contributed by atoms with E-state index in [1.165, 1.54) is 0 Å². The van der Waals surface area contributed by atoms with Crippen molar-refractivity contribution in [2.75, 3.05) is 0 Å². The average Bonchev–Trinajstić information content (AvgIpc) is 2.93. The van der Waals surface area contributed by atoms with E-state index in [0.29, 0.717) is 36.6 Å². The predicted molar refractivity (Wildman–Crippen MR) is 151 cm³/mol. The fourth-order valence-electron chi connectivity index (χ4n) is 3.87. The Labute approximate surface area is 224 Å². The second kappa shape index (κ2) is 15.0. The second-order valence-corrected chi connectivity index (χ2v) is 9.08. The molecule has 0 aliphatic carbocycles. The lowest BCUT2D eigenvalue weighted by Gasteiger charge is -2.19. The zero-order valence-corrected chi connectivity index (χ0v) is 21.9. The normalized spacial score (nSPS) is 11.3. The van der Waals surface area contributed by atoms with E-state index in [4.69, 9.17) is 16.2 Å². The minimum Gasteiger partial charge on any atom is -0.489 e. The zero-order valence-electron chi connectivity index (χ0n) is 21.9. The summed E-state index contributed by atoms with van der Waals surface area (Å²) in [4.78, 5) is 29.9. The molecule has 0 radical (unpaired) electrons. The summed E-state index contributed by atoms with van der Waals surface area (Å²) in [7, 11) is 0. The highest BCUT2D eigenvalue weighted by Crippen LogP contribution is 2.20. The fraction of sp³-hybridized carbons (Fsp3) is 0.300. The number of carbonyl (C=O) groups is 2. The third-order valence-corrected chi connectivity index (χ3v) is 5.95. The molecule has 0 aromatic heterocycles. The maximum Gasteiger partial charge on any atom is 0.247 e. The highest BCUT2D eigenvalue weighted by atomic mass is 16.5. The molecule has 8 nitrogen and oxygen atoms in total. The molecule has 0 fully saturated rings. The Hall–Kier alpha value is -4.33. The lowest BCUT2D eigenvalue weighted by molar-refractivity contribution is -0.129. The number of amides is 2. The number of hydrogen-bond acceptors (Lipinski definition) is 4. The Morgan fingerprint density at radius 3 is 2.24 bits per heavy atom. The molecule has 0 aliphatic heterocycles. The van der Waals surface area contributed by atoms with Gasteiger partial charge in [0.05, 0.1) is 5.69 Å². The van der Waals surface area contributed by atoms with E-state index in [1.54, 1.807) is 12.1 Å². The Morgan fingerprint density at radius 1 is 0.868 bits per heavy atom. The van der Waals surface area contributed by atoms with Crippen LogP contribution in [0, 0.1) is 0 Å². The van der Waals surface area contributed by atoms with E-state index < -0.39 is 6.04 Å². The summed E-state index contributed by atoms with van der Waals surface area (Å²) in [6.07, 6.45) is 4.35. The molecule has 38 heavy (non-hydrogen) atoms. The summed E-state index contributed by atoms with van der Waals surface area (Å²) in [5, 5.41) is 5.85. The highest BCUT2D eigenvalue weighted by Gasteiger charge is 2.22. The first-order chi connectivity index (χ1) is 18.4. The topological polar surface area (TPSA) is 132 Å². The van der Waals surface area contributed by atoms with Gasteiger partial charge in [0.2, 0.25) is 11.8 Å². The van der Waals surface area contributed by atoms with Crippen molar-refractivity contribution in [1.82, 2.24) is 10.6 Å². The highest BCUT2D eigenvalue weighted by molar-refractivity contribution is 5.88. The third kappa shape index (κ3) is 9.61. The van der Waals surface area contributed by atoms with Crippen molar-refractivity contribution in [3.8, 4) is 5.75 Å². The monoisotopic (exact) mass is 515 g/mol. The van der Waals surface area contributed by atoms with Crippen molar-refractivity contribution in [3.63, 3.8) is 0 Å². The predicted octanol–water partition coefficient (Wildman–Crippen LogP) is 4.61. The Kier molecular flexibility index (Phi) is 11.2. The Morgan fingerprint density at radius 2 is 1.58 bits per heavy atom. The molecule has 0 saturated carbocycles. The largest absolute Gasteiger partial charge is 0.489 e. The molecule has 2 amide bonds. The van der Waals surface area contributed by atoms with Crippen LogP contribution < -0.4 is 26.8 Å². The van der Waals surface area contributed by atoms with Crippen LogP contribution in [-0.4, -0.2) is 17.8 Å². The van der Waals surface area contributed by atoms with Crippen molar-refractivity contribution in [3.05, 3.63) is 95.6 Å². The van der Waals surface area contributed by atoms with Crippen molar-refractivity contribution in [1.29, 1.82) is 0 Å². The number of carbonyl (C=O) groups excluding carboxylic acids is 2. The maximum absolute atomic E-state index is 13.2. The first-order valence-corrected chi connectivity index (χ1v) is 13.0. The van der Waals surface area contributed by atoms with Gasteiger partial charge in [-0.05, 0) is 47.4 Å². The summed E-state index contributed by atoms with van der Waals surface area (Å²) in [5.41, 5.74) is 14.1. The van der Waals surface area contributed by atoms with E-state index in [2.05, 4.69) is 22.5 Å². The molecule has 0 heterocycles. The van der Waals surface area contributed by atoms with Crippen LogP contribution in [0.25, 0.3) is 0 Å². The first kappa shape index (κ1) is 28.2. The lowest BCUT2D eigenvalue weighted by Crippen LogP contribution is -2.40. The van der Waals surface area contributed by atoms with Gasteiger partial charge in [0.25, 0.3) is 0 Å². The van der Waals surface area contributed by atoms with Gasteiger partial charge >= 0.3 is 0 Å². The number of guanidine groups is 1. The first-order valence-electron chi connectivity index (χ1n) is 13.0. The zero-order chi connectivity index (χ0) is 27.2. The number of nitrogens with one attached hydrogen (secondary N) is 2. The molecule has 0 unspecified atom stereocenters. The Bertz CT molecular complexity index is 1170. The summed E-state index contributed by atoms with van der Waals surface area (Å²) >= 11 is 0. The molecule has 0 spiro atoms. The van der Waals surface area contributed by atoms with Gasteiger partial charge in [0.15, 0.2) is 5.96 Å². The number of rotatable bonds is 14. The van der Waals surface area contributed by atoms with Gasteiger partial charge in [0, 0.05) is 13.0 Å². The van der Waals surface area contributed by atoms with Crippen LogP contribution in [0.15, 0.2) is 83.9 Å². The molecule has 1 atom stereocenters. The van der Waals surface area contributed by atoms with Gasteiger partial charge in [0.1, 0.15) is 18.4 Å². The molecule has 3 rings (SSSR count). The molecule has 0 bridgehead atoms. The van der Waals surface area contributed by atoms with Gasteiger partial charge in [-0.2, -0.15) is 0 Å². The number of unbranched alkanes of at least 4 members (excludes halogenated alkanes) is 3. The van der Waals surface area contributed by atoms with Crippen molar-refractivity contribution in [2.45, 2.75) is 58.2 Å². The van der Waals surface area contributed by atoms with E-state index in [9.17, 15) is 9.59 Å². The molecule has 3 aromatic carbocycles. The molecule has 6 N–H and O–H groups in total. The van der Waals surface area contributed by atoms with Crippen LogP contribution in [0.5, 0.6) is 5.75 Å². The van der Waals surface area contributed by atoms with Crippen LogP contribution in [0.1, 0.15) is 61.8 Å². The Balaban J connectivity index is 1.65. The van der Waals surface area contributed by atoms with Crippen molar-refractivity contribution < 1.29 is 14.3 Å². The van der Waals surface area contributed by atoms with Gasteiger partial charge in [-0.1, -0.05) is 80.8 Å². The number of hydrogen-bond donors (Lipinski definition) is 4. The number of benzene rings is 3. The number of nitrogens with zero attached hydrogens (tertiary/aromatic N) is 1. The third-order valence-electron chi connectivity index (χ3n) is 5.95. The molecule has 3 aromatic rings. The van der Waals surface area contributed by atoms with Crippen LogP contribution in [0.4, 0.5) is 5.69 Å². The van der Waals surface area contributed by atoms with Gasteiger partial charge in [-0.3, -0.25) is 9.59 Å². The number of nitrogens with two attached hydrogens (primary N) is 2. The van der Waals surface area contributed by atoms with Gasteiger partial charge in [-0.15, -0.1) is 0 Å². The van der Waals surface area contributed by atoms with Gasteiger partial charge < -0.3 is 26.8 Å². The summed E-state index contributed by atoms with van der Waals surface area (Å²) in [6.45, 7) is 2.87. The average molecular weight is 516 g/mol. The smallest absolute Gasteiger partial charge is 0.247 e. The van der Waals surface area contributed by atoms with Crippen molar-refractivity contribution in [2.24, 2.45) is 16.5 Å². The molecule has 200 valence electrons. The van der Waals surface area contributed by atoms with E-state index in [1.807, 2.05) is 66.7 Å². The number of aliphatic imine (C=N–C) groups is 1. The number of ether oxygens (including phenoxy) is 1. The SMILES string of the molecule is CCCCCCC(=O)N[C@H](C(=O)NCc1ccc(N=C(N)N)cc1)c1ccc(OCc2ccccc2)cc1. The molecule has 8 heteroatoms. The fourth-order valence-corrected chi connectivity index (χ4v) is 3.87. The minimum absolute atomic E-state index is 0.0178. The van der Waals surface area contributed by atoms with E-state index in [-0.39, 0.29) is 17.8 Å². The van der Waals surface area contributed by atoms with E-state index >= 15 is 0 Å². The standard InChI is InChI=1S/C30H37N5O3/c1-2-3-4-8-11-27(36)35-28(29(37)33-20-22-12-16-25(17-13-22)34-30(31)32)24-14-18-26(19-15-24)38-21-23-9-6-5-7-10-23/h5-7,9-10,12-19,28H,2-4,8,11,20-21H2,1H3,(H,33,37)(H,35,36)(H4,31,32,34)/t28-/m0/s1. The van der Waals surface area contributed by atoms with Crippen LogP contribution >= 0.6 is 0 Å². The minimum atomic E-state index is -0.822. The van der Waals surface area contributed by atoms with Crippen molar-refractivity contribution >= 4 is 23.5 Å². The quantitative estimate of drug-likeness (QED) is 0.141. The van der Waals surface area contributed by atoms with Crippen LogP contribution in [0.3, 0.4) is 0 Å². The lowest BCUT2D eigenvalue weighted by atomic mass is 10.0. The maximum atomic E-state index is 13.2. The molecular formula is C30H37N5O3. The van der Waals surface area contributed by atoms with Crippen LogP contribution in [0.2, 0.25) is 0 Å². The summed E-state index contributed by atoms with van der Waals surface area (Å²) in [5.74, 6) is 0.227. The molecular weight excluding hydrogens is 478 g/mol. The van der Waals surface area contributed by atoms with Gasteiger partial charge in [-0.25, -0.2) is 4.99 Å². The van der Waals surface area contributed by atoms with Crippen LogP contribution in [-0.2, 0) is 22.7 Å². The van der Waals surface area contributed by atoms with E-state index in [0.717, 1.165) is 36.8 Å². The molecule has 0 aliphatic rings. The summed E-state index contributed by atoms with van der Waals surface area (Å²) < 4.78 is 5.87. The second-order valence-electron chi connectivity index (χ2n) is 9.08. The summed E-state index contributed by atoms with van der Waals surface area (Å²) in [6, 6.07) is 23.5.